The molecule has 3 atom stereocenters. The number of hydrogen-bond donors (Lipinski definition) is 2. The van der Waals surface area contributed by atoms with Crippen molar-refractivity contribution in [2.45, 2.75) is 64.0 Å². The number of carbonyl (C=O) groups is 1. The van der Waals surface area contributed by atoms with E-state index in [9.17, 15) is 9.90 Å². The zero-order valence-corrected chi connectivity index (χ0v) is 16.2. The standard InChI is InChI=1S/C23H30N2O2/c1-2-3-4-7-16-10-11-20-19(14-16)22-18(21(15-26)24-20)12-13-25(22)23(27)17-8-5-6-9-17/h10-11,14,17-18,21-22,24,26H,2-3,5-6,8-9,12-13,15H2,1H3/t18-,21+,22-/m0/s1. The summed E-state index contributed by atoms with van der Waals surface area (Å²) in [6.07, 6.45) is 7.33. The van der Waals surface area contributed by atoms with Crippen LogP contribution < -0.4 is 5.32 Å². The van der Waals surface area contributed by atoms with E-state index in [-0.39, 0.29) is 30.5 Å². The van der Waals surface area contributed by atoms with Crippen LogP contribution in [0.1, 0.15) is 69.0 Å². The largest absolute Gasteiger partial charge is 0.394 e. The molecule has 4 rings (SSSR count). The van der Waals surface area contributed by atoms with E-state index >= 15 is 0 Å². The molecule has 2 fully saturated rings. The summed E-state index contributed by atoms with van der Waals surface area (Å²) in [6, 6.07) is 6.36. The zero-order chi connectivity index (χ0) is 18.8. The van der Waals surface area contributed by atoms with Gasteiger partial charge in [0.25, 0.3) is 0 Å². The third-order valence-electron chi connectivity index (χ3n) is 6.46. The van der Waals surface area contributed by atoms with E-state index in [1.165, 1.54) is 18.4 Å². The van der Waals surface area contributed by atoms with Crippen LogP contribution in [0.5, 0.6) is 0 Å². The van der Waals surface area contributed by atoms with Gasteiger partial charge in [0.1, 0.15) is 0 Å². The number of rotatable bonds is 3. The molecule has 1 aromatic rings. The second kappa shape index (κ2) is 7.94. The first kappa shape index (κ1) is 18.4. The van der Waals surface area contributed by atoms with Gasteiger partial charge in [0.2, 0.25) is 5.91 Å². The van der Waals surface area contributed by atoms with Gasteiger partial charge in [0.05, 0.1) is 18.7 Å². The SMILES string of the molecule is CCCC#Cc1ccc2c(c1)[C@@H]1[C@@H](CCN1C(=O)C1CCCC1)[C@@H](CO)N2. The summed E-state index contributed by atoms with van der Waals surface area (Å²) in [6.45, 7) is 3.04. The molecule has 2 heterocycles. The number of aliphatic hydroxyl groups excluding tert-OH is 1. The van der Waals surface area contributed by atoms with Gasteiger partial charge in [-0.1, -0.05) is 31.6 Å². The van der Waals surface area contributed by atoms with Crippen molar-refractivity contribution in [3.05, 3.63) is 29.3 Å². The van der Waals surface area contributed by atoms with Crippen molar-refractivity contribution in [3.63, 3.8) is 0 Å². The quantitative estimate of drug-likeness (QED) is 0.802. The molecule has 4 nitrogen and oxygen atoms in total. The average Bonchev–Trinajstić information content (AvgIpc) is 3.37. The van der Waals surface area contributed by atoms with Crippen LogP contribution in [0.2, 0.25) is 0 Å². The predicted molar refractivity (Wildman–Crippen MR) is 107 cm³/mol. The summed E-state index contributed by atoms with van der Waals surface area (Å²) in [5.41, 5.74) is 3.24. The normalized spacial score (nSPS) is 26.7. The summed E-state index contributed by atoms with van der Waals surface area (Å²) < 4.78 is 0. The smallest absolute Gasteiger partial charge is 0.226 e. The Bertz CT molecular complexity index is 757. The molecule has 0 bridgehead atoms. The third-order valence-corrected chi connectivity index (χ3v) is 6.46. The Kier molecular flexibility index (Phi) is 5.41. The van der Waals surface area contributed by atoms with Crippen LogP contribution in [0.15, 0.2) is 18.2 Å². The molecule has 0 spiro atoms. The number of amides is 1. The molecule has 1 amide bonds. The van der Waals surface area contributed by atoms with E-state index in [1.807, 2.05) is 6.07 Å². The maximum absolute atomic E-state index is 13.2. The minimum atomic E-state index is 0.0147. The number of nitrogens with zero attached hydrogens (tertiary/aromatic N) is 1. The van der Waals surface area contributed by atoms with Crippen LogP contribution in [-0.4, -0.2) is 35.1 Å². The maximum Gasteiger partial charge on any atom is 0.226 e. The number of likely N-dealkylation sites (tertiary alicyclic amines) is 1. The Morgan fingerprint density at radius 2 is 2.11 bits per heavy atom. The summed E-state index contributed by atoms with van der Waals surface area (Å²) in [7, 11) is 0. The highest BCUT2D eigenvalue weighted by atomic mass is 16.3. The lowest BCUT2D eigenvalue weighted by atomic mass is 9.82. The Hall–Kier alpha value is -1.99. The van der Waals surface area contributed by atoms with Gasteiger partial charge in [-0.25, -0.2) is 0 Å². The van der Waals surface area contributed by atoms with E-state index in [4.69, 9.17) is 0 Å². The lowest BCUT2D eigenvalue weighted by Gasteiger charge is -2.39. The number of hydrogen-bond acceptors (Lipinski definition) is 3. The van der Waals surface area contributed by atoms with E-state index in [2.05, 4.69) is 41.1 Å². The fourth-order valence-corrected chi connectivity index (χ4v) is 5.08. The molecule has 1 saturated heterocycles. The number of anilines is 1. The van der Waals surface area contributed by atoms with Crippen LogP contribution >= 0.6 is 0 Å². The highest BCUT2D eigenvalue weighted by Crippen LogP contribution is 2.47. The summed E-state index contributed by atoms with van der Waals surface area (Å²) >= 11 is 0. The summed E-state index contributed by atoms with van der Waals surface area (Å²) in [5, 5.41) is 13.4. The van der Waals surface area contributed by atoms with Crippen molar-refractivity contribution in [2.75, 3.05) is 18.5 Å². The van der Waals surface area contributed by atoms with Crippen molar-refractivity contribution >= 4 is 11.6 Å². The third kappa shape index (κ3) is 3.46. The van der Waals surface area contributed by atoms with Crippen molar-refractivity contribution in [1.82, 2.24) is 4.90 Å². The highest BCUT2D eigenvalue weighted by Gasteiger charge is 2.46. The van der Waals surface area contributed by atoms with Gasteiger partial charge < -0.3 is 15.3 Å². The Balaban J connectivity index is 1.68. The number of unbranched alkanes of at least 4 members (excludes halogenated alkanes) is 1. The van der Waals surface area contributed by atoms with E-state index in [0.29, 0.717) is 5.91 Å². The van der Waals surface area contributed by atoms with Crippen molar-refractivity contribution in [3.8, 4) is 11.8 Å². The first-order chi connectivity index (χ1) is 13.2. The number of fused-ring (bicyclic) bond motifs is 3. The molecule has 1 saturated carbocycles. The molecule has 2 N–H and O–H groups in total. The second-order valence-electron chi connectivity index (χ2n) is 8.20. The van der Waals surface area contributed by atoms with Crippen LogP contribution in [0.3, 0.4) is 0 Å². The fraction of sp³-hybridized carbons (Fsp3) is 0.609. The minimum absolute atomic E-state index is 0.0147. The number of aliphatic hydroxyl groups is 1. The second-order valence-corrected chi connectivity index (χ2v) is 8.20. The molecule has 1 aromatic carbocycles. The van der Waals surface area contributed by atoms with Gasteiger partial charge in [0.15, 0.2) is 0 Å². The molecule has 144 valence electrons. The first-order valence-corrected chi connectivity index (χ1v) is 10.5. The number of nitrogens with one attached hydrogen (secondary N) is 1. The number of benzene rings is 1. The van der Waals surface area contributed by atoms with Crippen LogP contribution in [0.25, 0.3) is 0 Å². The van der Waals surface area contributed by atoms with Crippen LogP contribution in [-0.2, 0) is 4.79 Å². The number of carbonyl (C=O) groups excluding carboxylic acids is 1. The van der Waals surface area contributed by atoms with Crippen molar-refractivity contribution in [2.24, 2.45) is 11.8 Å². The lowest BCUT2D eigenvalue weighted by Crippen LogP contribution is -2.44. The average molecular weight is 367 g/mol. The molecule has 0 unspecified atom stereocenters. The van der Waals surface area contributed by atoms with Crippen LogP contribution in [0.4, 0.5) is 5.69 Å². The van der Waals surface area contributed by atoms with E-state index in [1.54, 1.807) is 0 Å². The molecular formula is C23H30N2O2. The van der Waals surface area contributed by atoms with Gasteiger partial charge in [0, 0.05) is 36.1 Å². The monoisotopic (exact) mass is 366 g/mol. The van der Waals surface area contributed by atoms with Crippen molar-refractivity contribution < 1.29 is 9.90 Å². The Morgan fingerprint density at radius 3 is 2.85 bits per heavy atom. The van der Waals surface area contributed by atoms with Gasteiger partial charge in [-0.15, -0.1) is 0 Å². The fourth-order valence-electron chi connectivity index (χ4n) is 5.08. The highest BCUT2D eigenvalue weighted by molar-refractivity contribution is 5.80. The first-order valence-electron chi connectivity index (χ1n) is 10.5. The Morgan fingerprint density at radius 1 is 1.30 bits per heavy atom. The lowest BCUT2D eigenvalue weighted by molar-refractivity contribution is -0.136. The van der Waals surface area contributed by atoms with Gasteiger partial charge in [-0.05, 0) is 49.4 Å². The minimum Gasteiger partial charge on any atom is -0.394 e. The topological polar surface area (TPSA) is 52.6 Å². The summed E-state index contributed by atoms with van der Waals surface area (Å²) in [4.78, 5) is 15.3. The summed E-state index contributed by atoms with van der Waals surface area (Å²) in [5.74, 6) is 7.29. The van der Waals surface area contributed by atoms with Gasteiger partial charge in [-0.3, -0.25) is 4.79 Å². The molecule has 0 aromatic heterocycles. The molecule has 1 aliphatic carbocycles. The Labute approximate surface area is 162 Å². The zero-order valence-electron chi connectivity index (χ0n) is 16.2. The van der Waals surface area contributed by atoms with E-state index in [0.717, 1.165) is 49.9 Å². The van der Waals surface area contributed by atoms with E-state index < -0.39 is 0 Å². The van der Waals surface area contributed by atoms with Crippen LogP contribution in [0, 0.1) is 23.7 Å². The molecule has 3 aliphatic rings. The molecule has 4 heteroatoms. The molecule has 27 heavy (non-hydrogen) atoms. The maximum atomic E-state index is 13.2. The van der Waals surface area contributed by atoms with Gasteiger partial charge in [-0.2, -0.15) is 0 Å². The predicted octanol–water partition coefficient (Wildman–Crippen LogP) is 3.70. The molecule has 0 radical (unpaired) electrons. The molecular weight excluding hydrogens is 336 g/mol. The van der Waals surface area contributed by atoms with Gasteiger partial charge >= 0.3 is 0 Å². The molecule has 2 aliphatic heterocycles. The van der Waals surface area contributed by atoms with Crippen molar-refractivity contribution in [1.29, 1.82) is 0 Å².